The topological polar surface area (TPSA) is 92.4 Å². The van der Waals surface area contributed by atoms with Crippen LogP contribution in [0.5, 0.6) is 0 Å². The fourth-order valence-corrected chi connectivity index (χ4v) is 1.68. The third-order valence-corrected chi connectivity index (χ3v) is 2.64. The van der Waals surface area contributed by atoms with Gasteiger partial charge in [0.1, 0.15) is 0 Å². The second kappa shape index (κ2) is 5.11. The van der Waals surface area contributed by atoms with E-state index in [1.807, 2.05) is 0 Å². The number of aliphatic carboxylic acids is 1. The summed E-state index contributed by atoms with van der Waals surface area (Å²) in [6.07, 6.45) is 2.91. The Labute approximate surface area is 89.0 Å². The van der Waals surface area contributed by atoms with Crippen molar-refractivity contribution in [3.63, 3.8) is 0 Å². The molecule has 0 spiro atoms. The molecule has 1 aliphatic carbocycles. The van der Waals surface area contributed by atoms with E-state index < -0.39 is 12.0 Å². The molecule has 1 rings (SSSR count). The minimum atomic E-state index is -1.04. The maximum Gasteiger partial charge on any atom is 0.305 e. The van der Waals surface area contributed by atoms with Crippen LogP contribution in [-0.2, 0) is 9.59 Å². The van der Waals surface area contributed by atoms with Gasteiger partial charge >= 0.3 is 5.97 Å². The average molecular weight is 214 g/mol. The van der Waals surface area contributed by atoms with E-state index in [2.05, 4.69) is 12.2 Å². The number of carboxylic acid groups (broad SMARTS) is 1. The molecule has 3 atom stereocenters. The van der Waals surface area contributed by atoms with Crippen molar-refractivity contribution in [3.05, 3.63) is 0 Å². The lowest BCUT2D eigenvalue weighted by atomic mass is 10.2. The van der Waals surface area contributed by atoms with Gasteiger partial charge in [0.25, 0.3) is 0 Å². The molecule has 1 amide bonds. The molecule has 4 N–H and O–H groups in total. The number of carbonyl (C=O) groups excluding carboxylic acids is 1. The Morgan fingerprint density at radius 3 is 2.80 bits per heavy atom. The quantitative estimate of drug-likeness (QED) is 0.584. The molecule has 0 bridgehead atoms. The Morgan fingerprint density at radius 1 is 1.60 bits per heavy atom. The van der Waals surface area contributed by atoms with Gasteiger partial charge in [0, 0.05) is 6.04 Å². The van der Waals surface area contributed by atoms with Crippen LogP contribution in [0.4, 0.5) is 0 Å². The van der Waals surface area contributed by atoms with E-state index in [4.69, 9.17) is 10.8 Å². The van der Waals surface area contributed by atoms with Gasteiger partial charge in [0.15, 0.2) is 0 Å². The summed E-state index contributed by atoms with van der Waals surface area (Å²) in [5.74, 6) is -0.824. The fraction of sp³-hybridized carbons (Fsp3) is 0.800. The summed E-state index contributed by atoms with van der Waals surface area (Å²) in [6, 6.07) is -0.706. The van der Waals surface area contributed by atoms with Crippen LogP contribution in [0.3, 0.4) is 0 Å². The van der Waals surface area contributed by atoms with Crippen molar-refractivity contribution in [1.82, 2.24) is 5.32 Å². The summed E-state index contributed by atoms with van der Waals surface area (Å²) in [6.45, 7) is 2.10. The van der Waals surface area contributed by atoms with Gasteiger partial charge in [0.2, 0.25) is 5.91 Å². The van der Waals surface area contributed by atoms with Crippen LogP contribution in [0, 0.1) is 5.92 Å². The summed E-state index contributed by atoms with van der Waals surface area (Å²) in [5.41, 5.74) is 5.42. The Morgan fingerprint density at radius 2 is 2.27 bits per heavy atom. The van der Waals surface area contributed by atoms with Crippen LogP contribution in [0.25, 0.3) is 0 Å². The number of hydrogen-bond acceptors (Lipinski definition) is 3. The van der Waals surface area contributed by atoms with Gasteiger partial charge in [-0.25, -0.2) is 0 Å². The van der Waals surface area contributed by atoms with Crippen LogP contribution in [0.1, 0.15) is 32.6 Å². The minimum absolute atomic E-state index is 0.220. The number of amides is 1. The first-order chi connectivity index (χ1) is 7.04. The maximum atomic E-state index is 11.4. The highest BCUT2D eigenvalue weighted by molar-refractivity contribution is 5.86. The van der Waals surface area contributed by atoms with Gasteiger partial charge in [-0.05, 0) is 18.8 Å². The van der Waals surface area contributed by atoms with Crippen molar-refractivity contribution in [1.29, 1.82) is 0 Å². The summed E-state index contributed by atoms with van der Waals surface area (Å²) in [4.78, 5) is 21.7. The zero-order chi connectivity index (χ0) is 11.4. The molecule has 1 saturated carbocycles. The highest BCUT2D eigenvalue weighted by Gasteiger charge is 2.37. The first-order valence-electron chi connectivity index (χ1n) is 5.32. The van der Waals surface area contributed by atoms with Crippen molar-refractivity contribution in [2.45, 2.75) is 44.7 Å². The van der Waals surface area contributed by atoms with Crippen molar-refractivity contribution in [2.24, 2.45) is 11.7 Å². The monoisotopic (exact) mass is 214 g/mol. The molecule has 0 saturated heterocycles. The fourth-order valence-electron chi connectivity index (χ4n) is 1.68. The van der Waals surface area contributed by atoms with Gasteiger partial charge in [-0.2, -0.15) is 0 Å². The second-order valence-corrected chi connectivity index (χ2v) is 4.10. The van der Waals surface area contributed by atoms with Crippen molar-refractivity contribution >= 4 is 11.9 Å². The standard InChI is InChI=1S/C10H18N2O3/c1-2-3-6-4-8(6)12-10(15)7(11)5-9(13)14/h6-8H,2-5,11H2,1H3,(H,12,15)(H,13,14). The molecule has 1 aliphatic rings. The Kier molecular flexibility index (Phi) is 4.08. The molecule has 0 aromatic heterocycles. The highest BCUT2D eigenvalue weighted by Crippen LogP contribution is 2.34. The Bertz CT molecular complexity index is 255. The molecule has 0 aromatic rings. The van der Waals surface area contributed by atoms with Crippen molar-refractivity contribution in [2.75, 3.05) is 0 Å². The zero-order valence-corrected chi connectivity index (χ0v) is 8.90. The highest BCUT2D eigenvalue weighted by atomic mass is 16.4. The van der Waals surface area contributed by atoms with Crippen molar-refractivity contribution in [3.8, 4) is 0 Å². The van der Waals surface area contributed by atoms with E-state index in [-0.39, 0.29) is 18.4 Å². The number of carboxylic acids is 1. The predicted octanol–water partition coefficient (Wildman–Crippen LogP) is 0.0932. The molecular formula is C10H18N2O3. The smallest absolute Gasteiger partial charge is 0.305 e. The Hall–Kier alpha value is -1.10. The van der Waals surface area contributed by atoms with E-state index in [1.165, 1.54) is 0 Å². The molecular weight excluding hydrogens is 196 g/mol. The summed E-state index contributed by atoms with van der Waals surface area (Å²) in [7, 11) is 0. The number of rotatable bonds is 6. The van der Waals surface area contributed by atoms with Crippen molar-refractivity contribution < 1.29 is 14.7 Å². The Balaban J connectivity index is 2.22. The minimum Gasteiger partial charge on any atom is -0.481 e. The average Bonchev–Trinajstić information content (AvgIpc) is 2.83. The van der Waals surface area contributed by atoms with Gasteiger partial charge < -0.3 is 16.2 Å². The lowest BCUT2D eigenvalue weighted by Gasteiger charge is -2.09. The van der Waals surface area contributed by atoms with Crippen LogP contribution < -0.4 is 11.1 Å². The van der Waals surface area contributed by atoms with E-state index in [9.17, 15) is 9.59 Å². The molecule has 0 aliphatic heterocycles. The van der Waals surface area contributed by atoms with E-state index in [0.29, 0.717) is 5.92 Å². The molecule has 86 valence electrons. The number of nitrogens with two attached hydrogens (primary N) is 1. The van der Waals surface area contributed by atoms with E-state index in [0.717, 1.165) is 19.3 Å². The molecule has 15 heavy (non-hydrogen) atoms. The van der Waals surface area contributed by atoms with Gasteiger partial charge in [-0.15, -0.1) is 0 Å². The largest absolute Gasteiger partial charge is 0.481 e. The number of nitrogens with one attached hydrogen (secondary N) is 1. The molecule has 1 fully saturated rings. The third-order valence-electron chi connectivity index (χ3n) is 2.64. The summed E-state index contributed by atoms with van der Waals surface area (Å²) < 4.78 is 0. The first-order valence-corrected chi connectivity index (χ1v) is 5.32. The zero-order valence-electron chi connectivity index (χ0n) is 8.90. The van der Waals surface area contributed by atoms with Crippen LogP contribution in [0.2, 0.25) is 0 Å². The molecule has 0 aromatic carbocycles. The lowest BCUT2D eigenvalue weighted by molar-refractivity contribution is -0.139. The molecule has 0 radical (unpaired) electrons. The van der Waals surface area contributed by atoms with Crippen LogP contribution in [0.15, 0.2) is 0 Å². The SMILES string of the molecule is CCCC1CC1NC(=O)C(N)CC(=O)O. The van der Waals surface area contributed by atoms with E-state index in [1.54, 1.807) is 0 Å². The lowest BCUT2D eigenvalue weighted by Crippen LogP contribution is -2.43. The number of carbonyl (C=O) groups is 2. The first kappa shape index (κ1) is 12.0. The van der Waals surface area contributed by atoms with E-state index >= 15 is 0 Å². The molecule has 5 heteroatoms. The van der Waals surface area contributed by atoms with Gasteiger partial charge in [-0.1, -0.05) is 13.3 Å². The molecule has 0 heterocycles. The predicted molar refractivity (Wildman–Crippen MR) is 55.2 cm³/mol. The van der Waals surface area contributed by atoms with Crippen LogP contribution >= 0.6 is 0 Å². The second-order valence-electron chi connectivity index (χ2n) is 4.10. The van der Waals surface area contributed by atoms with Gasteiger partial charge in [-0.3, -0.25) is 9.59 Å². The van der Waals surface area contributed by atoms with Gasteiger partial charge in [0.05, 0.1) is 12.5 Å². The normalized spacial score (nSPS) is 25.7. The summed E-state index contributed by atoms with van der Waals surface area (Å²) in [5, 5.41) is 11.2. The maximum absolute atomic E-state index is 11.4. The third kappa shape index (κ3) is 3.87. The summed E-state index contributed by atoms with van der Waals surface area (Å²) >= 11 is 0. The van der Waals surface area contributed by atoms with Crippen LogP contribution in [-0.4, -0.2) is 29.1 Å². The number of hydrogen-bond donors (Lipinski definition) is 3. The molecule has 3 unspecified atom stereocenters. The molecule has 5 nitrogen and oxygen atoms in total.